The number of ether oxygens (including phenoxy) is 2. The zero-order valence-electron chi connectivity index (χ0n) is 18.3. The van der Waals surface area contributed by atoms with Gasteiger partial charge in [0.15, 0.2) is 17.1 Å². The van der Waals surface area contributed by atoms with Crippen LogP contribution in [-0.4, -0.2) is 35.7 Å². The van der Waals surface area contributed by atoms with Gasteiger partial charge in [-0.2, -0.15) is 9.97 Å². The summed E-state index contributed by atoms with van der Waals surface area (Å²) in [5, 5.41) is 4.05. The topological polar surface area (TPSA) is 95.2 Å². The normalized spacial score (nSPS) is 10.8. The molecule has 2 heterocycles. The van der Waals surface area contributed by atoms with Gasteiger partial charge < -0.3 is 20.5 Å². The lowest BCUT2D eigenvalue weighted by Crippen LogP contribution is -2.09. The van der Waals surface area contributed by atoms with E-state index in [1.807, 2.05) is 30.3 Å². The van der Waals surface area contributed by atoms with Crippen LogP contribution >= 0.6 is 0 Å². The van der Waals surface area contributed by atoms with Crippen LogP contribution in [0.4, 0.5) is 11.8 Å². The van der Waals surface area contributed by atoms with E-state index in [9.17, 15) is 0 Å². The summed E-state index contributed by atoms with van der Waals surface area (Å²) in [7, 11) is 3.25. The molecule has 0 aliphatic carbocycles. The zero-order valence-corrected chi connectivity index (χ0v) is 18.3. The molecule has 2 aromatic heterocycles. The average molecular weight is 430 g/mol. The minimum absolute atomic E-state index is 0.420. The van der Waals surface area contributed by atoms with Crippen molar-refractivity contribution < 1.29 is 9.47 Å². The number of rotatable bonds is 9. The first-order valence-electron chi connectivity index (χ1n) is 10.6. The number of hydrogen-bond acceptors (Lipinski definition) is 7. The van der Waals surface area contributed by atoms with Gasteiger partial charge in [0.25, 0.3) is 0 Å². The maximum Gasteiger partial charge on any atom is 0.226 e. The zero-order chi connectivity index (χ0) is 22.3. The fourth-order valence-corrected chi connectivity index (χ4v) is 3.72. The van der Waals surface area contributed by atoms with Gasteiger partial charge in [0, 0.05) is 12.7 Å². The number of methoxy groups -OCH3 is 2. The summed E-state index contributed by atoms with van der Waals surface area (Å²) in [4.78, 5) is 13.5. The second-order valence-electron chi connectivity index (χ2n) is 7.48. The lowest BCUT2D eigenvalue weighted by atomic mass is 10.0. The maximum absolute atomic E-state index is 6.33. The fraction of sp³-hybridized carbons (Fsp3) is 0.240. The Bertz CT molecular complexity index is 1200. The Balaban J connectivity index is 1.49. The SMILES string of the molecule is COc1ccc(Cc2ccnc3nc(NCCCc4ccccc4)nc(N)c23)cc1OC. The summed E-state index contributed by atoms with van der Waals surface area (Å²) in [6.45, 7) is 0.755. The number of nitrogen functional groups attached to an aromatic ring is 1. The lowest BCUT2D eigenvalue weighted by molar-refractivity contribution is 0.354. The highest BCUT2D eigenvalue weighted by Crippen LogP contribution is 2.30. The van der Waals surface area contributed by atoms with Crippen LogP contribution in [0.2, 0.25) is 0 Å². The first-order chi connectivity index (χ1) is 15.7. The molecule has 0 saturated carbocycles. The summed E-state index contributed by atoms with van der Waals surface area (Å²) in [5.74, 6) is 2.30. The molecule has 4 aromatic rings. The molecule has 0 unspecified atom stereocenters. The number of pyridine rings is 1. The van der Waals surface area contributed by atoms with E-state index >= 15 is 0 Å². The van der Waals surface area contributed by atoms with Crippen LogP contribution in [-0.2, 0) is 12.8 Å². The first kappa shape index (κ1) is 21.4. The molecule has 4 rings (SSSR count). The minimum atomic E-state index is 0.420. The van der Waals surface area contributed by atoms with E-state index in [-0.39, 0.29) is 0 Å². The predicted molar refractivity (Wildman–Crippen MR) is 127 cm³/mol. The van der Waals surface area contributed by atoms with Crippen molar-refractivity contribution in [3.8, 4) is 11.5 Å². The summed E-state index contributed by atoms with van der Waals surface area (Å²) in [6, 6.07) is 18.2. The molecule has 3 N–H and O–H groups in total. The van der Waals surface area contributed by atoms with E-state index in [2.05, 4.69) is 44.5 Å². The van der Waals surface area contributed by atoms with Crippen molar-refractivity contribution >= 4 is 22.8 Å². The highest BCUT2D eigenvalue weighted by atomic mass is 16.5. The molecular formula is C25H27N5O2. The molecule has 0 amide bonds. The molecule has 0 atom stereocenters. The van der Waals surface area contributed by atoms with Crippen LogP contribution in [0.1, 0.15) is 23.1 Å². The Morgan fingerprint density at radius 3 is 2.50 bits per heavy atom. The predicted octanol–water partition coefficient (Wildman–Crippen LogP) is 4.26. The molecule has 0 aliphatic heterocycles. The lowest BCUT2D eigenvalue weighted by Gasteiger charge is -2.12. The van der Waals surface area contributed by atoms with Gasteiger partial charge >= 0.3 is 0 Å². The van der Waals surface area contributed by atoms with Gasteiger partial charge in [0.1, 0.15) is 5.82 Å². The van der Waals surface area contributed by atoms with Gasteiger partial charge in [-0.1, -0.05) is 36.4 Å². The summed E-state index contributed by atoms with van der Waals surface area (Å²) >= 11 is 0. The molecule has 7 heteroatoms. The van der Waals surface area contributed by atoms with E-state index in [0.29, 0.717) is 35.3 Å². The van der Waals surface area contributed by atoms with Crippen molar-refractivity contribution in [2.75, 3.05) is 31.8 Å². The third-order valence-electron chi connectivity index (χ3n) is 5.32. The monoisotopic (exact) mass is 429 g/mol. The van der Waals surface area contributed by atoms with E-state index in [1.165, 1.54) is 5.56 Å². The summed E-state index contributed by atoms with van der Waals surface area (Å²) < 4.78 is 10.7. The first-order valence-corrected chi connectivity index (χ1v) is 10.6. The highest BCUT2D eigenvalue weighted by Gasteiger charge is 2.13. The number of fused-ring (bicyclic) bond motifs is 1. The summed E-state index contributed by atoms with van der Waals surface area (Å²) in [5.41, 5.74) is 10.3. The highest BCUT2D eigenvalue weighted by molar-refractivity contribution is 5.89. The van der Waals surface area contributed by atoms with Crippen LogP contribution in [0.15, 0.2) is 60.8 Å². The molecule has 164 valence electrons. The number of anilines is 2. The number of nitrogens with one attached hydrogen (secondary N) is 1. The van der Waals surface area contributed by atoms with Crippen LogP contribution in [0, 0.1) is 0 Å². The Morgan fingerprint density at radius 1 is 0.906 bits per heavy atom. The van der Waals surface area contributed by atoms with Gasteiger partial charge in [0.05, 0.1) is 19.6 Å². The van der Waals surface area contributed by atoms with Crippen molar-refractivity contribution in [1.82, 2.24) is 15.0 Å². The van der Waals surface area contributed by atoms with E-state index in [0.717, 1.165) is 35.9 Å². The van der Waals surface area contributed by atoms with E-state index in [1.54, 1.807) is 20.4 Å². The third-order valence-corrected chi connectivity index (χ3v) is 5.32. The van der Waals surface area contributed by atoms with E-state index < -0.39 is 0 Å². The van der Waals surface area contributed by atoms with Crippen molar-refractivity contribution in [2.45, 2.75) is 19.3 Å². The molecule has 0 spiro atoms. The molecular weight excluding hydrogens is 402 g/mol. The molecule has 0 fully saturated rings. The van der Waals surface area contributed by atoms with Gasteiger partial charge in [-0.05, 0) is 54.2 Å². The molecule has 0 bridgehead atoms. The molecule has 0 aliphatic rings. The second kappa shape index (κ2) is 9.96. The van der Waals surface area contributed by atoms with Crippen LogP contribution in [0.25, 0.3) is 11.0 Å². The number of hydrogen-bond donors (Lipinski definition) is 2. The summed E-state index contributed by atoms with van der Waals surface area (Å²) in [6.07, 6.45) is 4.36. The smallest absolute Gasteiger partial charge is 0.226 e. The van der Waals surface area contributed by atoms with Gasteiger partial charge in [-0.25, -0.2) is 4.98 Å². The number of nitrogens with two attached hydrogens (primary N) is 1. The van der Waals surface area contributed by atoms with Gasteiger partial charge in [-0.15, -0.1) is 0 Å². The largest absolute Gasteiger partial charge is 0.493 e. The van der Waals surface area contributed by atoms with Crippen molar-refractivity contribution in [2.24, 2.45) is 0 Å². The van der Waals surface area contributed by atoms with E-state index in [4.69, 9.17) is 15.2 Å². The Hall–Kier alpha value is -3.87. The maximum atomic E-state index is 6.33. The third kappa shape index (κ3) is 4.88. The van der Waals surface area contributed by atoms with Gasteiger partial charge in [-0.3, -0.25) is 0 Å². The quantitative estimate of drug-likeness (QED) is 0.384. The van der Waals surface area contributed by atoms with Crippen LogP contribution < -0.4 is 20.5 Å². The average Bonchev–Trinajstić information content (AvgIpc) is 2.82. The van der Waals surface area contributed by atoms with Crippen molar-refractivity contribution in [3.05, 3.63) is 77.5 Å². The Morgan fingerprint density at radius 2 is 1.72 bits per heavy atom. The van der Waals surface area contributed by atoms with Crippen molar-refractivity contribution in [1.29, 1.82) is 0 Å². The standard InChI is InChI=1S/C25H27N5O2/c1-31-20-11-10-18(16-21(20)32-2)15-19-12-14-27-24-22(19)23(26)29-25(30-24)28-13-6-9-17-7-4-3-5-8-17/h3-5,7-8,10-12,14,16H,6,9,13,15H2,1-2H3,(H3,26,27,28,29,30). The molecule has 7 nitrogen and oxygen atoms in total. The molecule has 2 aromatic carbocycles. The van der Waals surface area contributed by atoms with Crippen LogP contribution in [0.5, 0.6) is 11.5 Å². The number of aromatic nitrogens is 3. The molecule has 0 saturated heterocycles. The number of aryl methyl sites for hydroxylation is 1. The molecule has 32 heavy (non-hydrogen) atoms. The number of nitrogens with zero attached hydrogens (tertiary/aromatic N) is 3. The Labute approximate surface area is 187 Å². The fourth-order valence-electron chi connectivity index (χ4n) is 3.72. The van der Waals surface area contributed by atoms with Crippen molar-refractivity contribution in [3.63, 3.8) is 0 Å². The second-order valence-corrected chi connectivity index (χ2v) is 7.48. The number of benzene rings is 2. The molecule has 0 radical (unpaired) electrons. The van der Waals surface area contributed by atoms with Crippen LogP contribution in [0.3, 0.4) is 0 Å². The Kier molecular flexibility index (Phi) is 6.65. The minimum Gasteiger partial charge on any atom is -0.493 e. The van der Waals surface area contributed by atoms with Gasteiger partial charge in [0.2, 0.25) is 5.95 Å².